The summed E-state index contributed by atoms with van der Waals surface area (Å²) in [6.07, 6.45) is 8.19. The van der Waals surface area contributed by atoms with E-state index in [0.717, 1.165) is 58.5 Å². The Morgan fingerprint density at radius 2 is 1.85 bits per heavy atom. The van der Waals surface area contributed by atoms with Gasteiger partial charge in [0.05, 0.1) is 22.3 Å². The molecule has 1 aliphatic carbocycles. The highest BCUT2D eigenvalue weighted by Crippen LogP contribution is 2.34. The van der Waals surface area contributed by atoms with Crippen LogP contribution in [-0.2, 0) is 20.9 Å². The number of carbonyl (C=O) groups excluding carboxylic acids is 3. The Bertz CT molecular complexity index is 1530. The van der Waals surface area contributed by atoms with E-state index >= 15 is 0 Å². The Kier molecular flexibility index (Phi) is 6.95. The molecule has 7 nitrogen and oxygen atoms in total. The molecule has 1 saturated carbocycles. The number of benzene rings is 2. The Hall–Kier alpha value is -3.91. The first-order chi connectivity index (χ1) is 19.0. The standard InChI is InChI=1S/C31H30N4O3S/c1-20-9-14-25-27(16-20)39-29(33-25)22-10-12-24(13-11-22)35-28(36)17-26(31(35)38)34(19-21-6-5-15-32-18-21)30(37)23-7-3-2-4-8-23/h5-6,9-16,18,23,26H,2-4,7-8,17,19H2,1H3. The maximum Gasteiger partial charge on any atom is 0.257 e. The lowest BCUT2D eigenvalue weighted by Crippen LogP contribution is -2.47. The molecule has 3 amide bonds. The van der Waals surface area contributed by atoms with E-state index in [2.05, 4.69) is 18.0 Å². The third kappa shape index (κ3) is 5.08. The molecule has 0 bridgehead atoms. The van der Waals surface area contributed by atoms with E-state index in [1.54, 1.807) is 40.8 Å². The van der Waals surface area contributed by atoms with Gasteiger partial charge in [0.15, 0.2) is 0 Å². The first kappa shape index (κ1) is 25.4. The lowest BCUT2D eigenvalue weighted by Gasteiger charge is -2.32. The number of thiazole rings is 1. The number of anilines is 1. The minimum absolute atomic E-state index is 0.0173. The Labute approximate surface area is 231 Å². The van der Waals surface area contributed by atoms with Crippen LogP contribution in [0.4, 0.5) is 5.69 Å². The molecule has 6 rings (SSSR count). The molecule has 4 aromatic rings. The number of imide groups is 1. The fraction of sp³-hybridized carbons (Fsp3) is 0.323. The molecule has 2 aliphatic rings. The van der Waals surface area contributed by atoms with Gasteiger partial charge < -0.3 is 4.90 Å². The summed E-state index contributed by atoms with van der Waals surface area (Å²) in [4.78, 5) is 52.4. The van der Waals surface area contributed by atoms with E-state index in [0.29, 0.717) is 5.69 Å². The molecule has 0 radical (unpaired) electrons. The van der Waals surface area contributed by atoms with Gasteiger partial charge in [0.2, 0.25) is 11.8 Å². The number of amides is 3. The van der Waals surface area contributed by atoms with Crippen LogP contribution in [0.5, 0.6) is 0 Å². The molecule has 0 N–H and O–H groups in total. The third-order valence-corrected chi connectivity index (χ3v) is 8.80. The van der Waals surface area contributed by atoms with Gasteiger partial charge in [-0.3, -0.25) is 19.4 Å². The Morgan fingerprint density at radius 3 is 2.59 bits per heavy atom. The quantitative estimate of drug-likeness (QED) is 0.285. The van der Waals surface area contributed by atoms with E-state index in [9.17, 15) is 14.4 Å². The second kappa shape index (κ2) is 10.7. The summed E-state index contributed by atoms with van der Waals surface area (Å²) in [6.45, 7) is 2.32. The lowest BCUT2D eigenvalue weighted by molar-refractivity contribution is -0.143. The summed E-state index contributed by atoms with van der Waals surface area (Å²) >= 11 is 1.62. The van der Waals surface area contributed by atoms with Gasteiger partial charge in [-0.1, -0.05) is 31.4 Å². The minimum Gasteiger partial charge on any atom is -0.325 e. The zero-order chi connectivity index (χ0) is 26.9. The van der Waals surface area contributed by atoms with Crippen molar-refractivity contribution in [2.75, 3.05) is 4.90 Å². The molecule has 2 aromatic carbocycles. The first-order valence-electron chi connectivity index (χ1n) is 13.5. The van der Waals surface area contributed by atoms with Crippen molar-refractivity contribution in [1.29, 1.82) is 0 Å². The molecule has 198 valence electrons. The van der Waals surface area contributed by atoms with Crippen LogP contribution in [0.15, 0.2) is 67.0 Å². The summed E-state index contributed by atoms with van der Waals surface area (Å²) < 4.78 is 1.12. The van der Waals surface area contributed by atoms with Crippen molar-refractivity contribution < 1.29 is 14.4 Å². The molecule has 1 aliphatic heterocycles. The van der Waals surface area contributed by atoms with Gasteiger partial charge in [-0.2, -0.15) is 0 Å². The van der Waals surface area contributed by atoms with Crippen molar-refractivity contribution in [3.63, 3.8) is 0 Å². The van der Waals surface area contributed by atoms with Crippen LogP contribution >= 0.6 is 11.3 Å². The van der Waals surface area contributed by atoms with E-state index in [4.69, 9.17) is 4.98 Å². The molecule has 3 heterocycles. The average molecular weight is 539 g/mol. The maximum absolute atomic E-state index is 13.7. The van der Waals surface area contributed by atoms with Crippen LogP contribution < -0.4 is 4.90 Å². The van der Waals surface area contributed by atoms with E-state index in [1.807, 2.05) is 36.4 Å². The first-order valence-corrected chi connectivity index (χ1v) is 14.3. The van der Waals surface area contributed by atoms with Gasteiger partial charge >= 0.3 is 0 Å². The number of nitrogens with zero attached hydrogens (tertiary/aromatic N) is 4. The molecule has 2 fully saturated rings. The van der Waals surface area contributed by atoms with Crippen LogP contribution in [0.1, 0.15) is 49.7 Å². The summed E-state index contributed by atoms with van der Waals surface area (Å²) in [5.74, 6) is -0.783. The molecule has 1 unspecified atom stereocenters. The monoisotopic (exact) mass is 538 g/mol. The fourth-order valence-corrected chi connectivity index (χ4v) is 6.72. The predicted molar refractivity (Wildman–Crippen MR) is 152 cm³/mol. The van der Waals surface area contributed by atoms with E-state index < -0.39 is 6.04 Å². The fourth-order valence-electron chi connectivity index (χ4n) is 5.65. The number of rotatable bonds is 6. The maximum atomic E-state index is 13.7. The average Bonchev–Trinajstić information content (AvgIpc) is 3.52. The molecule has 39 heavy (non-hydrogen) atoms. The number of hydrogen-bond acceptors (Lipinski definition) is 6. The van der Waals surface area contributed by atoms with Crippen LogP contribution in [0, 0.1) is 12.8 Å². The molecule has 1 atom stereocenters. The molecular formula is C31H30N4O3S. The highest BCUT2D eigenvalue weighted by molar-refractivity contribution is 7.21. The topological polar surface area (TPSA) is 83.5 Å². The van der Waals surface area contributed by atoms with Crippen LogP contribution in [-0.4, -0.2) is 38.6 Å². The molecule has 0 spiro atoms. The van der Waals surface area contributed by atoms with Gasteiger partial charge in [-0.25, -0.2) is 9.88 Å². The number of aryl methyl sites for hydroxylation is 1. The second-order valence-electron chi connectivity index (χ2n) is 10.5. The molecule has 8 heteroatoms. The zero-order valence-corrected chi connectivity index (χ0v) is 22.7. The highest BCUT2D eigenvalue weighted by Gasteiger charge is 2.45. The summed E-state index contributed by atoms with van der Waals surface area (Å²) in [5, 5.41) is 0.889. The van der Waals surface area contributed by atoms with Crippen molar-refractivity contribution >= 4 is 45.0 Å². The number of aromatic nitrogens is 2. The zero-order valence-electron chi connectivity index (χ0n) is 21.9. The highest BCUT2D eigenvalue weighted by atomic mass is 32.1. The van der Waals surface area contributed by atoms with Crippen molar-refractivity contribution in [1.82, 2.24) is 14.9 Å². The van der Waals surface area contributed by atoms with E-state index in [1.165, 1.54) is 10.5 Å². The summed E-state index contributed by atoms with van der Waals surface area (Å²) in [7, 11) is 0. The Balaban J connectivity index is 1.25. The minimum atomic E-state index is -0.820. The number of pyridine rings is 1. The normalized spacial score (nSPS) is 18.2. The van der Waals surface area contributed by atoms with Crippen molar-refractivity contribution in [2.24, 2.45) is 5.92 Å². The third-order valence-electron chi connectivity index (χ3n) is 7.73. The van der Waals surface area contributed by atoms with Crippen LogP contribution in [0.3, 0.4) is 0 Å². The van der Waals surface area contributed by atoms with Crippen LogP contribution in [0.25, 0.3) is 20.8 Å². The van der Waals surface area contributed by atoms with Crippen molar-refractivity contribution in [3.8, 4) is 10.6 Å². The van der Waals surface area contributed by atoms with Crippen molar-refractivity contribution in [2.45, 2.75) is 58.0 Å². The smallest absolute Gasteiger partial charge is 0.257 e. The Morgan fingerprint density at radius 1 is 1.05 bits per heavy atom. The van der Waals surface area contributed by atoms with Crippen LogP contribution in [0.2, 0.25) is 0 Å². The number of carbonyl (C=O) groups is 3. The summed E-state index contributed by atoms with van der Waals surface area (Å²) in [6, 6.07) is 16.5. The summed E-state index contributed by atoms with van der Waals surface area (Å²) in [5.41, 5.74) is 4.43. The number of fused-ring (bicyclic) bond motifs is 1. The molecule has 1 saturated heterocycles. The SMILES string of the molecule is Cc1ccc2nc(-c3ccc(N4C(=O)CC(N(Cc5cccnc5)C(=O)C5CCCCC5)C4=O)cc3)sc2c1. The second-order valence-corrected chi connectivity index (χ2v) is 11.5. The predicted octanol–water partition coefficient (Wildman–Crippen LogP) is 5.91. The van der Waals surface area contributed by atoms with Gasteiger partial charge in [-0.05, 0) is 73.4 Å². The van der Waals surface area contributed by atoms with Gasteiger partial charge in [0, 0.05) is 30.4 Å². The van der Waals surface area contributed by atoms with Gasteiger partial charge in [0.25, 0.3) is 5.91 Å². The number of hydrogen-bond donors (Lipinski definition) is 0. The van der Waals surface area contributed by atoms with Gasteiger partial charge in [-0.15, -0.1) is 11.3 Å². The van der Waals surface area contributed by atoms with E-state index in [-0.39, 0.29) is 36.6 Å². The largest absolute Gasteiger partial charge is 0.325 e. The lowest BCUT2D eigenvalue weighted by atomic mass is 9.87. The molecular weight excluding hydrogens is 508 g/mol. The molecule has 2 aromatic heterocycles. The van der Waals surface area contributed by atoms with Gasteiger partial charge in [0.1, 0.15) is 11.0 Å². The van der Waals surface area contributed by atoms with Crippen molar-refractivity contribution in [3.05, 3.63) is 78.1 Å².